The maximum absolute atomic E-state index is 13.0. The molecule has 0 saturated heterocycles. The molecule has 0 radical (unpaired) electrons. The predicted molar refractivity (Wildman–Crippen MR) is 105 cm³/mol. The first-order valence-corrected chi connectivity index (χ1v) is 9.27. The Morgan fingerprint density at radius 1 is 1.18 bits per heavy atom. The van der Waals surface area contributed by atoms with E-state index in [1.165, 1.54) is 30.1 Å². The van der Waals surface area contributed by atoms with Gasteiger partial charge in [-0.25, -0.2) is 14.2 Å². The quantitative estimate of drug-likeness (QED) is 0.444. The number of thioether (sulfide) groups is 1. The number of rotatable bonds is 5. The third-order valence-electron chi connectivity index (χ3n) is 4.04. The number of fused-ring (bicyclic) bond motifs is 1. The highest BCUT2D eigenvalue weighted by Crippen LogP contribution is 2.28. The number of imidazole rings is 1. The van der Waals surface area contributed by atoms with E-state index in [-0.39, 0.29) is 17.4 Å². The molecule has 4 rings (SSSR count). The van der Waals surface area contributed by atoms with Crippen LogP contribution < -0.4 is 11.0 Å². The molecule has 0 saturated carbocycles. The van der Waals surface area contributed by atoms with E-state index in [0.29, 0.717) is 33.3 Å². The fourth-order valence-corrected chi connectivity index (χ4v) is 3.34. The van der Waals surface area contributed by atoms with Crippen molar-refractivity contribution in [2.75, 3.05) is 5.32 Å². The van der Waals surface area contributed by atoms with Crippen LogP contribution in [0.5, 0.6) is 0 Å². The molecule has 0 aliphatic heterocycles. The fraction of sp³-hybridized carbons (Fsp3) is 0.105. The number of carbonyl (C=O) groups is 1. The molecule has 0 fully saturated rings. The molecule has 7 nitrogen and oxygen atoms in total. The number of nitrogens with zero attached hydrogens (tertiary/aromatic N) is 1. The summed E-state index contributed by atoms with van der Waals surface area (Å²) in [6, 6.07) is 11.0. The molecule has 2 heterocycles. The predicted octanol–water partition coefficient (Wildman–Crippen LogP) is 3.77. The first kappa shape index (κ1) is 18.1. The van der Waals surface area contributed by atoms with Crippen molar-refractivity contribution < 1.29 is 13.6 Å². The van der Waals surface area contributed by atoms with E-state index in [9.17, 15) is 14.0 Å². The number of anilines is 1. The van der Waals surface area contributed by atoms with Gasteiger partial charge in [0.2, 0.25) is 5.91 Å². The third kappa shape index (κ3) is 3.84. The Morgan fingerprint density at radius 2 is 1.93 bits per heavy atom. The van der Waals surface area contributed by atoms with Gasteiger partial charge in [0.1, 0.15) is 5.82 Å². The number of amides is 1. The van der Waals surface area contributed by atoms with Crippen molar-refractivity contribution in [2.24, 2.45) is 0 Å². The standard InChI is InChI=1S/C19H15FN4O3S/c1-10(17(25)22-13-6-7-14-15(8-13)24-18(26)23-14)28-19-21-9-16(27-19)11-2-4-12(20)5-3-11/h2-10H,1H3,(H,22,25)(H2,23,24,26). The van der Waals surface area contributed by atoms with Crippen LogP contribution in [-0.4, -0.2) is 26.1 Å². The minimum absolute atomic E-state index is 0.233. The molecule has 1 amide bonds. The molecule has 28 heavy (non-hydrogen) atoms. The maximum Gasteiger partial charge on any atom is 0.323 e. The Balaban J connectivity index is 1.42. The molecule has 0 aliphatic carbocycles. The summed E-state index contributed by atoms with van der Waals surface area (Å²) in [6.45, 7) is 1.73. The molecule has 2 aromatic heterocycles. The minimum Gasteiger partial charge on any atom is -0.431 e. The van der Waals surface area contributed by atoms with Crippen LogP contribution >= 0.6 is 11.8 Å². The summed E-state index contributed by atoms with van der Waals surface area (Å²) in [5.41, 5.74) is 2.24. The van der Waals surface area contributed by atoms with E-state index >= 15 is 0 Å². The van der Waals surface area contributed by atoms with Crippen molar-refractivity contribution in [3.8, 4) is 11.3 Å². The lowest BCUT2D eigenvalue weighted by atomic mass is 10.2. The largest absolute Gasteiger partial charge is 0.431 e. The van der Waals surface area contributed by atoms with Crippen LogP contribution in [0.3, 0.4) is 0 Å². The van der Waals surface area contributed by atoms with E-state index < -0.39 is 5.25 Å². The summed E-state index contributed by atoms with van der Waals surface area (Å²) in [6.07, 6.45) is 1.54. The third-order valence-corrected chi connectivity index (χ3v) is 5.00. The van der Waals surface area contributed by atoms with Crippen molar-refractivity contribution in [2.45, 2.75) is 17.4 Å². The Bertz CT molecular complexity index is 1200. The van der Waals surface area contributed by atoms with Crippen molar-refractivity contribution in [3.63, 3.8) is 0 Å². The van der Waals surface area contributed by atoms with Gasteiger partial charge in [-0.05, 0) is 49.4 Å². The molecule has 1 unspecified atom stereocenters. The van der Waals surface area contributed by atoms with Crippen LogP contribution in [0.1, 0.15) is 6.92 Å². The van der Waals surface area contributed by atoms with Crippen LogP contribution in [0.2, 0.25) is 0 Å². The second-order valence-corrected chi connectivity index (χ2v) is 7.38. The van der Waals surface area contributed by atoms with Crippen LogP contribution in [-0.2, 0) is 4.79 Å². The van der Waals surface area contributed by atoms with Gasteiger partial charge in [-0.1, -0.05) is 11.8 Å². The number of carbonyl (C=O) groups excluding carboxylic acids is 1. The molecule has 0 spiro atoms. The summed E-state index contributed by atoms with van der Waals surface area (Å²) in [7, 11) is 0. The van der Waals surface area contributed by atoms with E-state index in [1.807, 2.05) is 0 Å². The minimum atomic E-state index is -0.472. The molecular formula is C19H15FN4O3S. The van der Waals surface area contributed by atoms with E-state index in [0.717, 1.165) is 0 Å². The van der Waals surface area contributed by atoms with Crippen LogP contribution in [0.15, 0.2) is 63.1 Å². The zero-order valence-electron chi connectivity index (χ0n) is 14.7. The van der Waals surface area contributed by atoms with Crippen LogP contribution in [0, 0.1) is 5.82 Å². The lowest BCUT2D eigenvalue weighted by Gasteiger charge is -2.10. The highest BCUT2D eigenvalue weighted by molar-refractivity contribution is 8.00. The lowest BCUT2D eigenvalue weighted by molar-refractivity contribution is -0.115. The number of nitrogens with one attached hydrogen (secondary N) is 3. The second-order valence-electron chi connectivity index (χ2n) is 6.09. The Morgan fingerprint density at radius 3 is 2.71 bits per heavy atom. The highest BCUT2D eigenvalue weighted by Gasteiger charge is 2.18. The summed E-state index contributed by atoms with van der Waals surface area (Å²) >= 11 is 1.17. The number of aromatic nitrogens is 3. The molecule has 1 atom stereocenters. The first-order valence-electron chi connectivity index (χ1n) is 8.39. The number of aromatic amines is 2. The van der Waals surface area contributed by atoms with Gasteiger partial charge in [-0.15, -0.1) is 0 Å². The highest BCUT2D eigenvalue weighted by atomic mass is 32.2. The van der Waals surface area contributed by atoms with Crippen LogP contribution in [0.25, 0.3) is 22.4 Å². The number of hydrogen-bond acceptors (Lipinski definition) is 5. The number of hydrogen-bond donors (Lipinski definition) is 3. The zero-order valence-corrected chi connectivity index (χ0v) is 15.5. The lowest BCUT2D eigenvalue weighted by Crippen LogP contribution is -2.22. The van der Waals surface area contributed by atoms with Gasteiger partial charge in [-0.3, -0.25) is 4.79 Å². The van der Waals surface area contributed by atoms with Crippen molar-refractivity contribution in [3.05, 3.63) is 65.0 Å². The van der Waals surface area contributed by atoms with Gasteiger partial charge in [0.05, 0.1) is 22.5 Å². The summed E-state index contributed by atoms with van der Waals surface area (Å²) in [5, 5.41) is 2.67. The maximum atomic E-state index is 13.0. The number of benzene rings is 2. The van der Waals surface area contributed by atoms with Crippen LogP contribution in [0.4, 0.5) is 10.1 Å². The van der Waals surface area contributed by atoms with Gasteiger partial charge in [0.25, 0.3) is 5.22 Å². The Hall–Kier alpha value is -3.33. The van der Waals surface area contributed by atoms with E-state index in [2.05, 4.69) is 20.3 Å². The van der Waals surface area contributed by atoms with E-state index in [1.54, 1.807) is 37.3 Å². The zero-order chi connectivity index (χ0) is 19.7. The average molecular weight is 398 g/mol. The van der Waals surface area contributed by atoms with Gasteiger partial charge in [0.15, 0.2) is 5.76 Å². The van der Waals surface area contributed by atoms with Gasteiger partial charge >= 0.3 is 5.69 Å². The van der Waals surface area contributed by atoms with Gasteiger partial charge in [-0.2, -0.15) is 0 Å². The second kappa shape index (κ2) is 7.35. The number of H-pyrrole nitrogens is 2. The molecule has 0 aliphatic rings. The smallest absolute Gasteiger partial charge is 0.323 e. The number of oxazole rings is 1. The van der Waals surface area contributed by atoms with Crippen molar-refractivity contribution in [1.29, 1.82) is 0 Å². The van der Waals surface area contributed by atoms with E-state index in [4.69, 9.17) is 4.42 Å². The molecule has 0 bridgehead atoms. The molecule has 9 heteroatoms. The Kier molecular flexibility index (Phi) is 4.74. The molecule has 142 valence electrons. The van der Waals surface area contributed by atoms with Gasteiger partial charge < -0.3 is 19.7 Å². The van der Waals surface area contributed by atoms with Crippen molar-refractivity contribution >= 4 is 34.4 Å². The van der Waals surface area contributed by atoms with Gasteiger partial charge in [0, 0.05) is 11.3 Å². The summed E-state index contributed by atoms with van der Waals surface area (Å²) in [4.78, 5) is 33.2. The average Bonchev–Trinajstić information content (AvgIpc) is 3.27. The molecule has 3 N–H and O–H groups in total. The first-order chi connectivity index (χ1) is 13.5. The SMILES string of the molecule is CC(Sc1ncc(-c2ccc(F)cc2)o1)C(=O)Nc1ccc2[nH]c(=O)[nH]c2c1. The monoisotopic (exact) mass is 398 g/mol. The summed E-state index contributed by atoms with van der Waals surface area (Å²) < 4.78 is 18.7. The van der Waals surface area contributed by atoms with Crippen molar-refractivity contribution in [1.82, 2.24) is 15.0 Å². The fourth-order valence-electron chi connectivity index (χ4n) is 2.62. The molecule has 4 aromatic rings. The topological polar surface area (TPSA) is 104 Å². The number of halogens is 1. The summed E-state index contributed by atoms with van der Waals surface area (Å²) in [5.74, 6) is -0.0641. The molecule has 2 aromatic carbocycles. The Labute approximate surface area is 162 Å². The normalized spacial score (nSPS) is 12.2. The molecular weight excluding hydrogens is 383 g/mol.